The zero-order chi connectivity index (χ0) is 13.0. The fourth-order valence-electron chi connectivity index (χ4n) is 1.28. The molecule has 0 fully saturated rings. The maximum Gasteiger partial charge on any atom is 0.185 e. The average Bonchev–Trinajstić information content (AvgIpc) is 2.23. The van der Waals surface area contributed by atoms with Gasteiger partial charge in [0.2, 0.25) is 0 Å². The zero-order valence-corrected chi connectivity index (χ0v) is 9.95. The summed E-state index contributed by atoms with van der Waals surface area (Å²) in [6, 6.07) is 3.08. The van der Waals surface area contributed by atoms with Gasteiger partial charge in [-0.25, -0.2) is 4.39 Å². The van der Waals surface area contributed by atoms with Crippen molar-refractivity contribution in [1.82, 2.24) is 0 Å². The van der Waals surface area contributed by atoms with Crippen LogP contribution in [0.1, 0.15) is 18.6 Å². The van der Waals surface area contributed by atoms with Crippen LogP contribution in [0.3, 0.4) is 0 Å². The first-order valence-corrected chi connectivity index (χ1v) is 5.87. The van der Waals surface area contributed by atoms with Crippen molar-refractivity contribution in [3.8, 4) is 5.75 Å². The van der Waals surface area contributed by atoms with Gasteiger partial charge in [-0.1, -0.05) is 11.8 Å². The third-order valence-electron chi connectivity index (χ3n) is 2.07. The highest BCUT2D eigenvalue weighted by molar-refractivity contribution is 8.13. The van der Waals surface area contributed by atoms with Gasteiger partial charge < -0.3 is 15.3 Å². The summed E-state index contributed by atoms with van der Waals surface area (Å²) >= 11 is 0.866. The molecule has 0 heterocycles. The second-order valence-corrected chi connectivity index (χ2v) is 4.75. The molecule has 2 atom stereocenters. The minimum Gasteiger partial charge on any atom is -0.508 e. The monoisotopic (exact) mass is 260 g/mol. The Kier molecular flexibility index (Phi) is 4.92. The minimum atomic E-state index is -1.34. The predicted octanol–water partition coefficient (Wildman–Crippen LogP) is 1.21. The molecule has 0 aliphatic carbocycles. The first kappa shape index (κ1) is 14.0. The van der Waals surface area contributed by atoms with Crippen molar-refractivity contribution < 1.29 is 24.5 Å². The van der Waals surface area contributed by atoms with Crippen molar-refractivity contribution >= 4 is 16.9 Å². The highest BCUT2D eigenvalue weighted by Gasteiger charge is 2.20. The lowest BCUT2D eigenvalue weighted by Gasteiger charge is -2.17. The summed E-state index contributed by atoms with van der Waals surface area (Å²) in [6.45, 7) is 1.35. The second-order valence-electron chi connectivity index (χ2n) is 3.56. The van der Waals surface area contributed by atoms with Crippen molar-refractivity contribution in [2.75, 3.05) is 5.75 Å². The van der Waals surface area contributed by atoms with Gasteiger partial charge in [0.25, 0.3) is 0 Å². The molecule has 2 unspecified atom stereocenters. The molecule has 0 aromatic heterocycles. The number of thioether (sulfide) groups is 1. The van der Waals surface area contributed by atoms with E-state index in [1.807, 2.05) is 0 Å². The van der Waals surface area contributed by atoms with Gasteiger partial charge in [0, 0.05) is 18.7 Å². The first-order chi connectivity index (χ1) is 7.90. The SMILES string of the molecule is CC(=O)SCC(O)C(O)c1cc(O)cc(F)c1. The number of phenolic OH excluding ortho intramolecular Hbond substituents is 1. The molecule has 1 aromatic rings. The molecule has 0 amide bonds. The van der Waals surface area contributed by atoms with Crippen LogP contribution in [-0.2, 0) is 4.79 Å². The van der Waals surface area contributed by atoms with Crippen molar-refractivity contribution in [2.24, 2.45) is 0 Å². The van der Waals surface area contributed by atoms with E-state index in [1.54, 1.807) is 0 Å². The molecule has 3 N–H and O–H groups in total. The van der Waals surface area contributed by atoms with Crippen LogP contribution in [0.15, 0.2) is 18.2 Å². The fraction of sp³-hybridized carbons (Fsp3) is 0.364. The molecule has 1 aromatic carbocycles. The third kappa shape index (κ3) is 4.33. The van der Waals surface area contributed by atoms with Gasteiger partial charge in [0.05, 0.1) is 6.10 Å². The Hall–Kier alpha value is -1.11. The Balaban J connectivity index is 2.73. The largest absolute Gasteiger partial charge is 0.508 e. The van der Waals surface area contributed by atoms with Crippen LogP contribution in [0.2, 0.25) is 0 Å². The zero-order valence-electron chi connectivity index (χ0n) is 9.13. The number of aliphatic hydroxyl groups is 2. The fourth-order valence-corrected chi connectivity index (χ4v) is 1.87. The van der Waals surface area contributed by atoms with Gasteiger partial charge in [-0.2, -0.15) is 0 Å². The number of aromatic hydroxyl groups is 1. The van der Waals surface area contributed by atoms with Crippen LogP contribution in [0.5, 0.6) is 5.75 Å². The molecular formula is C11H13FO4S. The summed E-state index contributed by atoms with van der Waals surface area (Å²) in [5, 5.41) is 28.2. The van der Waals surface area contributed by atoms with Crippen LogP contribution in [0, 0.1) is 5.82 Å². The topological polar surface area (TPSA) is 77.8 Å². The van der Waals surface area contributed by atoms with Crippen molar-refractivity contribution in [2.45, 2.75) is 19.1 Å². The van der Waals surface area contributed by atoms with Crippen LogP contribution in [0.4, 0.5) is 4.39 Å². The maximum absolute atomic E-state index is 13.0. The molecule has 6 heteroatoms. The molecule has 0 saturated carbocycles. The number of hydrogen-bond donors (Lipinski definition) is 3. The smallest absolute Gasteiger partial charge is 0.185 e. The summed E-state index contributed by atoms with van der Waals surface area (Å²) in [4.78, 5) is 10.7. The van der Waals surface area contributed by atoms with Crippen LogP contribution in [0.25, 0.3) is 0 Å². The summed E-state index contributed by atoms with van der Waals surface area (Å²) in [6.07, 6.45) is -2.55. The molecule has 0 aliphatic rings. The number of carbonyl (C=O) groups excluding carboxylic acids is 1. The summed E-state index contributed by atoms with van der Waals surface area (Å²) < 4.78 is 13.0. The summed E-state index contributed by atoms with van der Waals surface area (Å²) in [5.41, 5.74) is 0.0687. The van der Waals surface area contributed by atoms with E-state index < -0.39 is 18.0 Å². The number of carbonyl (C=O) groups is 1. The van der Waals surface area contributed by atoms with Gasteiger partial charge >= 0.3 is 0 Å². The molecule has 0 saturated heterocycles. The average molecular weight is 260 g/mol. The van der Waals surface area contributed by atoms with Gasteiger partial charge in [-0.05, 0) is 17.7 Å². The van der Waals surface area contributed by atoms with E-state index in [9.17, 15) is 19.4 Å². The maximum atomic E-state index is 13.0. The molecule has 0 radical (unpaired) electrons. The number of rotatable bonds is 4. The number of halogens is 1. The highest BCUT2D eigenvalue weighted by Crippen LogP contribution is 2.24. The molecular weight excluding hydrogens is 247 g/mol. The number of phenols is 1. The van der Waals surface area contributed by atoms with Crippen molar-refractivity contribution in [3.63, 3.8) is 0 Å². The van der Waals surface area contributed by atoms with Crippen LogP contribution in [-0.4, -0.2) is 32.3 Å². The quantitative estimate of drug-likeness (QED) is 0.758. The van der Waals surface area contributed by atoms with Gasteiger partial charge in [0.15, 0.2) is 5.12 Å². The normalized spacial score (nSPS) is 14.4. The van der Waals surface area contributed by atoms with E-state index in [0.29, 0.717) is 0 Å². The van der Waals surface area contributed by atoms with Crippen molar-refractivity contribution in [3.05, 3.63) is 29.6 Å². The van der Waals surface area contributed by atoms with E-state index >= 15 is 0 Å². The molecule has 17 heavy (non-hydrogen) atoms. The standard InChI is InChI=1S/C11H13FO4S/c1-6(13)17-5-10(15)11(16)7-2-8(12)4-9(14)3-7/h2-4,10-11,14-16H,5H2,1H3. The first-order valence-electron chi connectivity index (χ1n) is 4.89. The molecule has 0 bridgehead atoms. The lowest BCUT2D eigenvalue weighted by atomic mass is 10.1. The Labute approximate surface area is 102 Å². The Morgan fingerprint density at radius 1 is 1.41 bits per heavy atom. The number of benzene rings is 1. The number of hydrogen-bond acceptors (Lipinski definition) is 5. The lowest BCUT2D eigenvalue weighted by Crippen LogP contribution is -2.21. The third-order valence-corrected chi connectivity index (χ3v) is 2.98. The van der Waals surface area contributed by atoms with Gasteiger partial charge in [0.1, 0.15) is 17.7 Å². The molecule has 4 nitrogen and oxygen atoms in total. The lowest BCUT2D eigenvalue weighted by molar-refractivity contribution is -0.109. The molecule has 94 valence electrons. The highest BCUT2D eigenvalue weighted by atomic mass is 32.2. The van der Waals surface area contributed by atoms with Crippen LogP contribution >= 0.6 is 11.8 Å². The van der Waals surface area contributed by atoms with Crippen LogP contribution < -0.4 is 0 Å². The Morgan fingerprint density at radius 2 is 2.06 bits per heavy atom. The molecule has 0 aliphatic heterocycles. The predicted molar refractivity (Wildman–Crippen MR) is 62.2 cm³/mol. The summed E-state index contributed by atoms with van der Waals surface area (Å²) in [7, 11) is 0. The van der Waals surface area contributed by atoms with E-state index in [1.165, 1.54) is 6.92 Å². The van der Waals surface area contributed by atoms with E-state index in [0.717, 1.165) is 30.0 Å². The van der Waals surface area contributed by atoms with E-state index in [2.05, 4.69) is 0 Å². The second kappa shape index (κ2) is 6.00. The molecule has 1 rings (SSSR count). The van der Waals surface area contributed by atoms with E-state index in [4.69, 9.17) is 5.11 Å². The van der Waals surface area contributed by atoms with Gasteiger partial charge in [-0.3, -0.25) is 4.79 Å². The Bertz CT molecular complexity index is 390. The van der Waals surface area contributed by atoms with E-state index in [-0.39, 0.29) is 22.2 Å². The summed E-state index contributed by atoms with van der Waals surface area (Å²) in [5.74, 6) is -1.02. The van der Waals surface area contributed by atoms with Gasteiger partial charge in [-0.15, -0.1) is 0 Å². The Morgan fingerprint density at radius 3 is 2.59 bits per heavy atom. The molecule has 0 spiro atoms. The minimum absolute atomic E-state index is 0.00771. The van der Waals surface area contributed by atoms with Crippen molar-refractivity contribution in [1.29, 1.82) is 0 Å². The number of aliphatic hydroxyl groups excluding tert-OH is 2.